The summed E-state index contributed by atoms with van der Waals surface area (Å²) in [5.41, 5.74) is 1.61. The smallest absolute Gasteiger partial charge is 0.206 e. The summed E-state index contributed by atoms with van der Waals surface area (Å²) in [6.45, 7) is 1.51. The van der Waals surface area contributed by atoms with E-state index in [9.17, 15) is 8.42 Å². The fourth-order valence-corrected chi connectivity index (χ4v) is 5.83. The lowest BCUT2D eigenvalue weighted by Gasteiger charge is -2.29. The SMILES string of the molecule is CSCCNCC1(c2cc3c(Nc4ccc(S(=O)(=O)c5ccccc5)cc4)ncnc3cn2)CC=CO1. The minimum Gasteiger partial charge on any atom is -0.487 e. The number of sulfone groups is 1. The summed E-state index contributed by atoms with van der Waals surface area (Å²) >= 11 is 1.79. The van der Waals surface area contributed by atoms with Crippen LogP contribution in [0.1, 0.15) is 12.1 Å². The molecule has 0 aliphatic carbocycles. The van der Waals surface area contributed by atoms with Crippen molar-refractivity contribution in [3.63, 3.8) is 0 Å². The highest BCUT2D eigenvalue weighted by Crippen LogP contribution is 2.35. The van der Waals surface area contributed by atoms with Gasteiger partial charge in [0.25, 0.3) is 0 Å². The molecule has 0 spiro atoms. The van der Waals surface area contributed by atoms with E-state index in [0.29, 0.717) is 30.0 Å². The lowest BCUT2D eigenvalue weighted by atomic mass is 9.94. The monoisotopic (exact) mass is 533 g/mol. The van der Waals surface area contributed by atoms with Gasteiger partial charge in [-0.25, -0.2) is 18.4 Å². The molecule has 1 aliphatic rings. The topological polar surface area (TPSA) is 106 Å². The summed E-state index contributed by atoms with van der Waals surface area (Å²) in [7, 11) is -3.59. The highest BCUT2D eigenvalue weighted by Gasteiger charge is 2.37. The Hall–Kier alpha value is -3.47. The van der Waals surface area contributed by atoms with Crippen molar-refractivity contribution in [3.05, 3.63) is 91.2 Å². The van der Waals surface area contributed by atoms with Crippen LogP contribution in [-0.2, 0) is 20.2 Å². The fraction of sp³-hybridized carbons (Fsp3) is 0.222. The van der Waals surface area contributed by atoms with E-state index in [1.807, 2.05) is 12.1 Å². The number of pyridine rings is 1. The Morgan fingerprint density at radius 1 is 1.03 bits per heavy atom. The molecule has 1 atom stereocenters. The molecule has 3 heterocycles. The summed E-state index contributed by atoms with van der Waals surface area (Å²) < 4.78 is 31.9. The Balaban J connectivity index is 1.41. The molecule has 2 N–H and O–H groups in total. The zero-order valence-electron chi connectivity index (χ0n) is 20.3. The van der Waals surface area contributed by atoms with Crippen LogP contribution in [0.3, 0.4) is 0 Å². The minimum atomic E-state index is -3.59. The molecular weight excluding hydrogens is 506 g/mol. The second-order valence-electron chi connectivity index (χ2n) is 8.63. The molecule has 0 fully saturated rings. The van der Waals surface area contributed by atoms with Gasteiger partial charge >= 0.3 is 0 Å². The number of nitrogens with one attached hydrogen (secondary N) is 2. The molecule has 37 heavy (non-hydrogen) atoms. The van der Waals surface area contributed by atoms with Crippen LogP contribution in [0, 0.1) is 0 Å². The van der Waals surface area contributed by atoms with Crippen molar-refractivity contribution >= 4 is 44.0 Å². The largest absolute Gasteiger partial charge is 0.487 e. The van der Waals surface area contributed by atoms with Gasteiger partial charge in [-0.1, -0.05) is 18.2 Å². The number of ether oxygens (including phenoxy) is 1. The Bertz CT molecular complexity index is 1500. The minimum absolute atomic E-state index is 0.227. The molecule has 190 valence electrons. The van der Waals surface area contributed by atoms with Crippen LogP contribution in [0.2, 0.25) is 0 Å². The van der Waals surface area contributed by atoms with E-state index in [2.05, 4.69) is 31.8 Å². The normalized spacial score (nSPS) is 17.1. The number of fused-ring (bicyclic) bond motifs is 1. The van der Waals surface area contributed by atoms with Crippen LogP contribution in [0.25, 0.3) is 10.9 Å². The van der Waals surface area contributed by atoms with Crippen molar-refractivity contribution in [1.29, 1.82) is 0 Å². The van der Waals surface area contributed by atoms with Gasteiger partial charge in [-0.15, -0.1) is 0 Å². The average molecular weight is 534 g/mol. The number of anilines is 2. The first-order chi connectivity index (χ1) is 18.0. The van der Waals surface area contributed by atoms with Gasteiger partial charge in [0.1, 0.15) is 12.1 Å². The van der Waals surface area contributed by atoms with Crippen molar-refractivity contribution in [3.8, 4) is 0 Å². The molecular formula is C27H27N5O3S2. The van der Waals surface area contributed by atoms with E-state index in [-0.39, 0.29) is 9.79 Å². The first kappa shape index (κ1) is 25.2. The van der Waals surface area contributed by atoms with Crippen LogP contribution in [0.4, 0.5) is 11.5 Å². The lowest BCUT2D eigenvalue weighted by Crippen LogP contribution is -2.39. The highest BCUT2D eigenvalue weighted by molar-refractivity contribution is 7.98. The molecule has 10 heteroatoms. The third-order valence-electron chi connectivity index (χ3n) is 6.20. The van der Waals surface area contributed by atoms with Crippen LogP contribution in [-0.4, -0.2) is 48.5 Å². The number of rotatable bonds is 10. The van der Waals surface area contributed by atoms with Crippen molar-refractivity contribution < 1.29 is 13.2 Å². The van der Waals surface area contributed by atoms with E-state index in [4.69, 9.17) is 4.74 Å². The molecule has 2 aromatic carbocycles. The molecule has 0 saturated heterocycles. The molecule has 4 aromatic rings. The van der Waals surface area contributed by atoms with Crippen LogP contribution in [0.5, 0.6) is 0 Å². The predicted molar refractivity (Wildman–Crippen MR) is 147 cm³/mol. The van der Waals surface area contributed by atoms with E-state index >= 15 is 0 Å². The molecule has 1 aliphatic heterocycles. The molecule has 0 bridgehead atoms. The number of benzene rings is 2. The van der Waals surface area contributed by atoms with Gasteiger partial charge in [-0.05, 0) is 54.8 Å². The van der Waals surface area contributed by atoms with E-state index in [1.165, 1.54) is 6.33 Å². The van der Waals surface area contributed by atoms with Gasteiger partial charge in [-0.2, -0.15) is 11.8 Å². The third-order valence-corrected chi connectivity index (χ3v) is 8.60. The molecule has 1 unspecified atom stereocenters. The van der Waals surface area contributed by atoms with Crippen LogP contribution >= 0.6 is 11.8 Å². The predicted octanol–water partition coefficient (Wildman–Crippen LogP) is 4.68. The molecule has 0 saturated carbocycles. The first-order valence-corrected chi connectivity index (χ1v) is 14.7. The zero-order valence-corrected chi connectivity index (χ0v) is 21.9. The Morgan fingerprint density at radius 2 is 1.81 bits per heavy atom. The highest BCUT2D eigenvalue weighted by atomic mass is 32.2. The van der Waals surface area contributed by atoms with Gasteiger partial charge in [-0.3, -0.25) is 4.98 Å². The second kappa shape index (κ2) is 10.9. The fourth-order valence-electron chi connectivity index (χ4n) is 4.20. The lowest BCUT2D eigenvalue weighted by molar-refractivity contribution is 0.0378. The molecule has 8 nitrogen and oxygen atoms in total. The summed E-state index contributed by atoms with van der Waals surface area (Å²) in [5, 5.41) is 7.58. The van der Waals surface area contributed by atoms with Crippen molar-refractivity contribution in [2.24, 2.45) is 0 Å². The number of nitrogens with zero attached hydrogens (tertiary/aromatic N) is 3. The zero-order chi connectivity index (χ0) is 25.7. The summed E-state index contributed by atoms with van der Waals surface area (Å²) in [4.78, 5) is 14.0. The molecule has 0 amide bonds. The third kappa shape index (κ3) is 5.31. The summed E-state index contributed by atoms with van der Waals surface area (Å²) in [6.07, 6.45) is 9.75. The number of thioether (sulfide) groups is 1. The second-order valence-corrected chi connectivity index (χ2v) is 11.6. The Labute approximate surface area is 220 Å². The van der Waals surface area contributed by atoms with E-state index < -0.39 is 15.4 Å². The number of hydrogen-bond donors (Lipinski definition) is 2. The summed E-state index contributed by atoms with van der Waals surface area (Å²) in [5.74, 6) is 1.62. The maximum Gasteiger partial charge on any atom is 0.206 e. The number of hydrogen-bond acceptors (Lipinski definition) is 9. The first-order valence-electron chi connectivity index (χ1n) is 11.8. The Morgan fingerprint density at radius 3 is 2.54 bits per heavy atom. The van der Waals surface area contributed by atoms with Crippen molar-refractivity contribution in [1.82, 2.24) is 20.3 Å². The maximum absolute atomic E-state index is 12.9. The standard InChI is InChI=1S/C27H27N5O3S2/c1-36-15-13-28-18-27(12-5-14-35-27)25-16-23-24(17-29-25)30-19-31-26(23)32-20-8-10-22(11-9-20)37(33,34)21-6-3-2-4-7-21/h2-11,14,16-17,19,28H,12-13,15,18H2,1H3,(H,30,31,32). The van der Waals surface area contributed by atoms with Gasteiger partial charge in [0, 0.05) is 36.3 Å². The van der Waals surface area contributed by atoms with Crippen LogP contribution < -0.4 is 10.6 Å². The van der Waals surface area contributed by atoms with Gasteiger partial charge in [0.2, 0.25) is 9.84 Å². The molecule has 5 rings (SSSR count). The van der Waals surface area contributed by atoms with Crippen LogP contribution in [0.15, 0.2) is 95.3 Å². The quantitative estimate of drug-likeness (QED) is 0.281. The number of aromatic nitrogens is 3. The van der Waals surface area contributed by atoms with Crippen molar-refractivity contribution in [2.75, 3.05) is 30.4 Å². The molecule has 0 radical (unpaired) electrons. The Kier molecular flexibility index (Phi) is 7.40. The summed E-state index contributed by atoms with van der Waals surface area (Å²) in [6, 6.07) is 17.0. The average Bonchev–Trinajstić information content (AvgIpc) is 3.42. The van der Waals surface area contributed by atoms with Gasteiger partial charge in [0.05, 0.1) is 33.5 Å². The van der Waals surface area contributed by atoms with E-state index in [1.54, 1.807) is 78.8 Å². The molecule has 2 aromatic heterocycles. The van der Waals surface area contributed by atoms with Crippen molar-refractivity contribution in [2.45, 2.75) is 21.8 Å². The van der Waals surface area contributed by atoms with E-state index in [0.717, 1.165) is 23.4 Å². The van der Waals surface area contributed by atoms with Gasteiger partial charge < -0.3 is 15.4 Å². The van der Waals surface area contributed by atoms with Gasteiger partial charge in [0.15, 0.2) is 5.60 Å². The maximum atomic E-state index is 12.9.